The third kappa shape index (κ3) is 11.0. The van der Waals surface area contributed by atoms with Gasteiger partial charge in [0, 0.05) is 24.2 Å². The zero-order valence-electron chi connectivity index (χ0n) is 18.7. The minimum absolute atomic E-state index is 0.0641. The van der Waals surface area contributed by atoms with Gasteiger partial charge in [-0.05, 0) is 61.4 Å². The topological polar surface area (TPSA) is 157 Å². The molecule has 0 atom stereocenters. The van der Waals surface area contributed by atoms with Gasteiger partial charge in [0.2, 0.25) is 5.78 Å². The maximum Gasteiger partial charge on any atom is 0.344 e. The molecule has 0 heterocycles. The summed E-state index contributed by atoms with van der Waals surface area (Å²) in [6.45, 7) is -1.31. The molecule has 2 rings (SSSR count). The molecule has 0 aliphatic carbocycles. The number of anilines is 2. The van der Waals surface area contributed by atoms with E-state index in [1.54, 1.807) is 48.5 Å². The SMILES string of the molecule is Nc1ccc(OCC(=O)COC(=O)CCCCC(=O)COC(=O)COc2ccc(N)cc2)cc1. The van der Waals surface area contributed by atoms with Gasteiger partial charge in [0.1, 0.15) is 24.7 Å². The normalized spacial score (nSPS) is 10.2. The first kappa shape index (κ1) is 26.2. The smallest absolute Gasteiger partial charge is 0.344 e. The zero-order valence-corrected chi connectivity index (χ0v) is 18.7. The molecule has 0 amide bonds. The summed E-state index contributed by atoms with van der Waals surface area (Å²) in [6, 6.07) is 13.1. The van der Waals surface area contributed by atoms with Gasteiger partial charge in [0.15, 0.2) is 19.0 Å². The van der Waals surface area contributed by atoms with E-state index in [9.17, 15) is 19.2 Å². The van der Waals surface area contributed by atoms with Gasteiger partial charge in [-0.15, -0.1) is 0 Å². The van der Waals surface area contributed by atoms with Crippen LogP contribution in [0.25, 0.3) is 0 Å². The highest BCUT2D eigenvalue weighted by molar-refractivity contribution is 5.84. The van der Waals surface area contributed by atoms with Gasteiger partial charge in [-0.25, -0.2) is 4.79 Å². The standard InChI is InChI=1S/C24H28N2O8/c25-17-5-9-21(10-6-17)31-14-20(28)15-33-23(29)4-2-1-3-19(27)13-34-24(30)16-32-22-11-7-18(26)8-12-22/h5-12H,1-4,13-16,25-26H2. The molecule has 0 radical (unpaired) electrons. The summed E-state index contributed by atoms with van der Waals surface area (Å²) in [6.07, 6.45) is 1.03. The van der Waals surface area contributed by atoms with Crippen molar-refractivity contribution in [3.63, 3.8) is 0 Å². The third-order valence-electron chi connectivity index (χ3n) is 4.39. The number of Topliss-reactive ketones (excluding diaryl/α,β-unsaturated/α-hetero) is 2. The number of carbonyl (C=O) groups excluding carboxylic acids is 4. The number of ketones is 2. The van der Waals surface area contributed by atoms with Crippen LogP contribution in [-0.4, -0.2) is 49.9 Å². The van der Waals surface area contributed by atoms with Crippen molar-refractivity contribution >= 4 is 34.9 Å². The second-order valence-corrected chi connectivity index (χ2v) is 7.32. The second kappa shape index (κ2) is 14.1. The first-order chi connectivity index (χ1) is 16.3. The van der Waals surface area contributed by atoms with Crippen LogP contribution in [0.3, 0.4) is 0 Å². The Morgan fingerprint density at radius 3 is 1.62 bits per heavy atom. The molecule has 0 aromatic heterocycles. The van der Waals surface area contributed by atoms with Crippen molar-refractivity contribution in [1.29, 1.82) is 0 Å². The lowest BCUT2D eigenvalue weighted by Gasteiger charge is -2.07. The van der Waals surface area contributed by atoms with Crippen molar-refractivity contribution in [2.24, 2.45) is 0 Å². The molecule has 0 saturated heterocycles. The number of unbranched alkanes of at least 4 members (excludes halogenated alkanes) is 1. The number of esters is 2. The number of hydrogen-bond donors (Lipinski definition) is 2. The Morgan fingerprint density at radius 2 is 1.03 bits per heavy atom. The van der Waals surface area contributed by atoms with Gasteiger partial charge in [-0.2, -0.15) is 0 Å². The Kier molecular flexibility index (Phi) is 10.9. The quantitative estimate of drug-likeness (QED) is 0.223. The van der Waals surface area contributed by atoms with Crippen LogP contribution in [0.4, 0.5) is 11.4 Å². The summed E-state index contributed by atoms with van der Waals surface area (Å²) >= 11 is 0. The Balaban J connectivity index is 1.48. The largest absolute Gasteiger partial charge is 0.486 e. The zero-order chi connectivity index (χ0) is 24.8. The van der Waals surface area contributed by atoms with E-state index in [0.29, 0.717) is 35.7 Å². The molecule has 4 N–H and O–H groups in total. The second-order valence-electron chi connectivity index (χ2n) is 7.32. The predicted molar refractivity (Wildman–Crippen MR) is 123 cm³/mol. The average molecular weight is 472 g/mol. The summed E-state index contributed by atoms with van der Waals surface area (Å²) in [5, 5.41) is 0. The fourth-order valence-corrected chi connectivity index (χ4v) is 2.58. The van der Waals surface area contributed by atoms with E-state index in [-0.39, 0.29) is 50.8 Å². The lowest BCUT2D eigenvalue weighted by atomic mass is 10.1. The van der Waals surface area contributed by atoms with E-state index in [1.165, 1.54) is 0 Å². The molecule has 0 saturated carbocycles. The molecule has 0 fully saturated rings. The molecule has 34 heavy (non-hydrogen) atoms. The summed E-state index contributed by atoms with van der Waals surface area (Å²) in [5.41, 5.74) is 12.3. The van der Waals surface area contributed by atoms with Gasteiger partial charge in [0.25, 0.3) is 0 Å². The minimum Gasteiger partial charge on any atom is -0.486 e. The highest BCUT2D eigenvalue weighted by Crippen LogP contribution is 2.14. The van der Waals surface area contributed by atoms with E-state index in [1.807, 2.05) is 0 Å². The molecule has 0 aliphatic heterocycles. The van der Waals surface area contributed by atoms with E-state index in [2.05, 4.69) is 0 Å². The fraction of sp³-hybridized carbons (Fsp3) is 0.333. The molecule has 10 nitrogen and oxygen atoms in total. The summed E-state index contributed by atoms with van der Waals surface area (Å²) in [4.78, 5) is 46.9. The van der Waals surface area contributed by atoms with Crippen LogP contribution in [0, 0.1) is 0 Å². The fourth-order valence-electron chi connectivity index (χ4n) is 2.58. The number of ether oxygens (including phenoxy) is 4. The molecule has 0 aliphatic rings. The van der Waals surface area contributed by atoms with Crippen LogP contribution < -0.4 is 20.9 Å². The number of hydrogen-bond acceptors (Lipinski definition) is 10. The molecule has 0 spiro atoms. The first-order valence-corrected chi connectivity index (χ1v) is 10.6. The summed E-state index contributed by atoms with van der Waals surface area (Å²) in [7, 11) is 0. The van der Waals surface area contributed by atoms with Crippen LogP contribution in [0.5, 0.6) is 11.5 Å². The maximum atomic E-state index is 11.8. The van der Waals surface area contributed by atoms with E-state index in [0.717, 1.165) is 0 Å². The number of rotatable bonds is 15. The molecule has 182 valence electrons. The van der Waals surface area contributed by atoms with Crippen molar-refractivity contribution in [2.75, 3.05) is 37.9 Å². The average Bonchev–Trinajstić information content (AvgIpc) is 2.83. The molecular formula is C24H28N2O8. The van der Waals surface area contributed by atoms with Gasteiger partial charge < -0.3 is 30.4 Å². The molecular weight excluding hydrogens is 444 g/mol. The summed E-state index contributed by atoms with van der Waals surface area (Å²) < 4.78 is 20.3. The van der Waals surface area contributed by atoms with Crippen molar-refractivity contribution < 1.29 is 38.1 Å². The van der Waals surface area contributed by atoms with Crippen molar-refractivity contribution in [3.8, 4) is 11.5 Å². The van der Waals surface area contributed by atoms with Crippen LogP contribution in [0.1, 0.15) is 25.7 Å². The number of benzene rings is 2. The van der Waals surface area contributed by atoms with Crippen molar-refractivity contribution in [1.82, 2.24) is 0 Å². The van der Waals surface area contributed by atoms with Crippen molar-refractivity contribution in [3.05, 3.63) is 48.5 Å². The monoisotopic (exact) mass is 472 g/mol. The molecule has 0 unspecified atom stereocenters. The van der Waals surface area contributed by atoms with Gasteiger partial charge in [-0.1, -0.05) is 0 Å². The molecule has 10 heteroatoms. The van der Waals surface area contributed by atoms with Gasteiger partial charge in [0.05, 0.1) is 0 Å². The van der Waals surface area contributed by atoms with Crippen LogP contribution in [0.2, 0.25) is 0 Å². The lowest BCUT2D eigenvalue weighted by molar-refractivity contribution is -0.150. The molecule has 2 aromatic carbocycles. The molecule has 2 aromatic rings. The highest BCUT2D eigenvalue weighted by atomic mass is 16.6. The van der Waals surface area contributed by atoms with E-state index >= 15 is 0 Å². The maximum absolute atomic E-state index is 11.8. The van der Waals surface area contributed by atoms with Crippen molar-refractivity contribution in [2.45, 2.75) is 25.7 Å². The van der Waals surface area contributed by atoms with Gasteiger partial charge >= 0.3 is 11.9 Å². The highest BCUT2D eigenvalue weighted by Gasteiger charge is 2.11. The number of carbonyl (C=O) groups is 4. The minimum atomic E-state index is -0.668. The Morgan fingerprint density at radius 1 is 0.559 bits per heavy atom. The van der Waals surface area contributed by atoms with Crippen LogP contribution in [0.15, 0.2) is 48.5 Å². The van der Waals surface area contributed by atoms with Gasteiger partial charge in [-0.3, -0.25) is 14.4 Å². The third-order valence-corrected chi connectivity index (χ3v) is 4.39. The van der Waals surface area contributed by atoms with Crippen LogP contribution >= 0.6 is 0 Å². The van der Waals surface area contributed by atoms with E-state index in [4.69, 9.17) is 30.4 Å². The van der Waals surface area contributed by atoms with Crippen LogP contribution in [-0.2, 0) is 28.7 Å². The Labute approximate surface area is 197 Å². The number of nitrogen functional groups attached to an aromatic ring is 2. The number of nitrogens with two attached hydrogens (primary N) is 2. The summed E-state index contributed by atoms with van der Waals surface area (Å²) in [5.74, 6) is -0.927. The first-order valence-electron chi connectivity index (χ1n) is 10.6. The lowest BCUT2D eigenvalue weighted by Crippen LogP contribution is -2.20. The Bertz CT molecular complexity index is 878. The van der Waals surface area contributed by atoms with E-state index < -0.39 is 11.9 Å². The molecule has 0 bridgehead atoms. The Hall–Kier alpha value is -4.08. The predicted octanol–water partition coefficient (Wildman–Crippen LogP) is 2.09.